The van der Waals surface area contributed by atoms with E-state index >= 15 is 0 Å². The zero-order valence-corrected chi connectivity index (χ0v) is 60.5. The number of halogens is 6. The second kappa shape index (κ2) is 33.1. The summed E-state index contributed by atoms with van der Waals surface area (Å²) in [6.07, 6.45) is 3.53. The average Bonchev–Trinajstić information content (AvgIpc) is 2.16. The first-order chi connectivity index (χ1) is 41.9. The van der Waals surface area contributed by atoms with Gasteiger partial charge in [0.2, 0.25) is 0 Å². The van der Waals surface area contributed by atoms with Crippen molar-refractivity contribution >= 4 is 118 Å². The van der Waals surface area contributed by atoms with Gasteiger partial charge in [-0.25, -0.2) is 0 Å². The van der Waals surface area contributed by atoms with Crippen molar-refractivity contribution in [2.75, 3.05) is 60.0 Å². The van der Waals surface area contributed by atoms with Crippen LogP contribution in [0.2, 0.25) is 10.0 Å². The van der Waals surface area contributed by atoms with E-state index in [9.17, 15) is 0 Å². The van der Waals surface area contributed by atoms with Crippen molar-refractivity contribution in [2.45, 2.75) is 83.1 Å². The average molecular weight is 1470 g/mol. The predicted octanol–water partition coefficient (Wildman–Crippen LogP) is 20.3. The first-order valence-electron chi connectivity index (χ1n) is 28.6. The Morgan fingerprint density at radius 2 is 0.670 bits per heavy atom. The number of anilines is 4. The van der Waals surface area contributed by atoms with Gasteiger partial charge in [-0.3, -0.25) is 0 Å². The van der Waals surface area contributed by atoms with E-state index in [0.717, 1.165) is 71.3 Å². The standard InChI is InChI=1S/2C21H27N2.2C15H12ClNO.4ClH.2Ru/c2*1-14-9-16(3)20(17(4)10-14)22-7-8-23(13-22)21-18(5)11-15(2)12-19(21)6;1-11-9-15(18-2)8-3-12(11)10-17-14-6-4-13(16)5-7-14;1-11-3-4-13(16)9-12(11)10-17-14-5-7-15(18-2)8-6-14;;;;;;/h2*9-13H,7-8H2,1-6H3;2*1,3-10H,2H3;4*1H;;/q2*-1;;;;;;;2*+2/p-4. The van der Waals surface area contributed by atoms with E-state index in [1.165, 1.54) is 89.5 Å². The monoisotopic (exact) mass is 1470 g/mol. The summed E-state index contributed by atoms with van der Waals surface area (Å²) in [5.41, 5.74) is 27.0. The third-order valence-electron chi connectivity index (χ3n) is 14.7. The molecule has 88 heavy (non-hydrogen) atoms. The number of methoxy groups -OCH3 is 2. The maximum Gasteiger partial charge on any atom is 0.0146 e. The van der Waals surface area contributed by atoms with E-state index in [1.54, 1.807) is 38.8 Å². The molecule has 0 amide bonds. The molecule has 0 unspecified atom stereocenters. The fourth-order valence-electron chi connectivity index (χ4n) is 11.5. The zero-order valence-electron chi connectivity index (χ0n) is 52.5. The SMILES string of the molecule is COc1ccc(C=Nc2ccc(Cl)cc2)c([CH]=[Ru]([Cl])[Cl])c1.COc1ccc(N=Cc2cc(Cl)ccc2[CH]=[Ru]([Cl])[Cl])cc1.Cc1cc(C)c(N2[CH-]N(c3c(C)cc(C)cc3C)CC2)c(C)c1.Cc1cc(C)c(N2[CH-]N(c3c(C)cc(C)cc3C)CC2)c(C)c1. The molecule has 2 aliphatic rings. The van der Waals surface area contributed by atoms with Crippen LogP contribution in [0.15, 0.2) is 143 Å². The summed E-state index contributed by atoms with van der Waals surface area (Å²) in [5.74, 6) is 1.55. The number of rotatable bonds is 12. The quantitative estimate of drug-likeness (QED) is 0.0690. The van der Waals surface area contributed by atoms with Gasteiger partial charge >= 0.3 is 284 Å². The molecular weight excluding hydrogens is 1400 g/mol. The van der Waals surface area contributed by atoms with Crippen molar-refractivity contribution in [1.82, 2.24) is 0 Å². The van der Waals surface area contributed by atoms with Gasteiger partial charge in [0.15, 0.2) is 0 Å². The summed E-state index contributed by atoms with van der Waals surface area (Å²) in [4.78, 5) is 18.5. The van der Waals surface area contributed by atoms with Gasteiger partial charge in [0, 0.05) is 48.9 Å². The van der Waals surface area contributed by atoms with Gasteiger partial charge in [-0.05, 0) is 128 Å². The van der Waals surface area contributed by atoms with E-state index in [0.29, 0.717) is 10.0 Å². The van der Waals surface area contributed by atoms with Gasteiger partial charge in [-0.1, -0.05) is 70.8 Å². The summed E-state index contributed by atoms with van der Waals surface area (Å²) in [5, 5.41) is 1.33. The van der Waals surface area contributed by atoms with Gasteiger partial charge in [-0.15, -0.1) is 0 Å². The second-order valence-corrected chi connectivity index (χ2v) is 34.4. The molecule has 8 aromatic carbocycles. The van der Waals surface area contributed by atoms with Gasteiger partial charge in [0.05, 0.1) is 0 Å². The molecule has 0 spiro atoms. The van der Waals surface area contributed by atoms with Gasteiger partial charge in [0.1, 0.15) is 0 Å². The summed E-state index contributed by atoms with van der Waals surface area (Å²) in [7, 11) is 27.1. The van der Waals surface area contributed by atoms with E-state index in [4.69, 9.17) is 71.4 Å². The molecule has 0 N–H and O–H groups in total. The van der Waals surface area contributed by atoms with Gasteiger partial charge in [-0.2, -0.15) is 13.3 Å². The van der Waals surface area contributed by atoms with Crippen molar-refractivity contribution in [3.05, 3.63) is 246 Å². The van der Waals surface area contributed by atoms with Crippen molar-refractivity contribution in [3.8, 4) is 11.5 Å². The van der Waals surface area contributed by atoms with Crippen LogP contribution < -0.4 is 29.1 Å². The largest absolute Gasteiger partial charge is 0.502 e. The van der Waals surface area contributed by atoms with Crippen LogP contribution in [0, 0.1) is 96.4 Å². The molecule has 8 aromatic rings. The fraction of sp³-hybridized carbons (Fsp3) is 0.250. The molecule has 16 heteroatoms. The van der Waals surface area contributed by atoms with E-state index in [-0.39, 0.29) is 0 Å². The van der Waals surface area contributed by atoms with E-state index < -0.39 is 27.0 Å². The molecule has 8 nitrogen and oxygen atoms in total. The molecule has 468 valence electrons. The Morgan fingerprint density at radius 3 is 1.02 bits per heavy atom. The maximum atomic E-state index is 6.03. The Kier molecular flexibility index (Phi) is 26.4. The number of benzene rings is 8. The van der Waals surface area contributed by atoms with Crippen LogP contribution in [-0.2, 0) is 27.0 Å². The Bertz CT molecular complexity index is 3510. The van der Waals surface area contributed by atoms with Crippen LogP contribution in [0.4, 0.5) is 34.1 Å². The summed E-state index contributed by atoms with van der Waals surface area (Å²) >= 11 is 8.07. The van der Waals surface area contributed by atoms with Crippen molar-refractivity contribution in [3.63, 3.8) is 0 Å². The number of hydrogen-bond donors (Lipinski definition) is 0. The first kappa shape index (κ1) is 70.1. The number of aryl methyl sites for hydroxylation is 12. The molecule has 10 rings (SSSR count). The van der Waals surface area contributed by atoms with Crippen LogP contribution in [-0.4, -0.2) is 62.0 Å². The normalized spacial score (nSPS) is 13.2. The second-order valence-electron chi connectivity index (χ2n) is 22.1. The molecule has 2 heterocycles. The van der Waals surface area contributed by atoms with Gasteiger partial charge < -0.3 is 19.6 Å². The third-order valence-corrected chi connectivity index (χ3v) is 18.9. The zero-order chi connectivity index (χ0) is 63.9. The fourth-order valence-corrected chi connectivity index (χ4v) is 15.4. The number of nitrogens with zero attached hydrogens (tertiary/aromatic N) is 6. The van der Waals surface area contributed by atoms with Crippen LogP contribution >= 0.6 is 62.0 Å². The van der Waals surface area contributed by atoms with Crippen LogP contribution in [0.5, 0.6) is 11.5 Å². The molecule has 0 bridgehead atoms. The molecule has 2 aliphatic heterocycles. The van der Waals surface area contributed by atoms with Crippen molar-refractivity contribution < 1.29 is 36.5 Å². The summed E-state index contributed by atoms with van der Waals surface area (Å²) in [6, 6.07) is 44.3. The van der Waals surface area contributed by atoms with Gasteiger partial charge in [0.25, 0.3) is 0 Å². The molecule has 0 aliphatic carbocycles. The minimum atomic E-state index is -1.92. The Balaban J connectivity index is 0.000000168. The Hall–Kier alpha value is -5.37. The molecule has 0 radical (unpaired) electrons. The van der Waals surface area contributed by atoms with Crippen LogP contribution in [0.3, 0.4) is 0 Å². The molecule has 2 saturated heterocycles. The molecular formula is C72H78Cl6N6O2Ru2-2. The third kappa shape index (κ3) is 19.8. The molecule has 0 saturated carbocycles. The first-order valence-corrected chi connectivity index (χ1v) is 40.3. The maximum absolute atomic E-state index is 6.03. The van der Waals surface area contributed by atoms with Crippen molar-refractivity contribution in [1.29, 1.82) is 0 Å². The molecule has 2 fully saturated rings. The van der Waals surface area contributed by atoms with E-state index in [2.05, 4.69) is 175 Å². The van der Waals surface area contributed by atoms with Crippen LogP contribution in [0.1, 0.15) is 89.0 Å². The minimum Gasteiger partial charge on any atom is -0.502 e. The smallest absolute Gasteiger partial charge is 0.0146 e. The molecule has 0 atom stereocenters. The topological polar surface area (TPSA) is 56.1 Å². The number of aliphatic imine (C=N–C) groups is 2. The predicted molar refractivity (Wildman–Crippen MR) is 378 cm³/mol. The Morgan fingerprint density at radius 1 is 0.364 bits per heavy atom. The number of ether oxygens (including phenoxy) is 2. The summed E-state index contributed by atoms with van der Waals surface area (Å²) in [6.45, 7) is 35.1. The number of hydrogen-bond acceptors (Lipinski definition) is 8. The minimum absolute atomic E-state index is 0.645. The van der Waals surface area contributed by atoms with E-state index in [1.807, 2.05) is 82.0 Å². The van der Waals surface area contributed by atoms with Crippen LogP contribution in [0.25, 0.3) is 0 Å². The molecule has 0 aromatic heterocycles. The Labute approximate surface area is 559 Å². The summed E-state index contributed by atoms with van der Waals surface area (Å²) < 4.78 is 14.1. The van der Waals surface area contributed by atoms with Crippen molar-refractivity contribution in [2.24, 2.45) is 9.98 Å².